The molecular weight excluding hydrogens is 282 g/mol. The number of Topliss-reactive ketones (excluding diaryl/α,β-unsaturated/α-hetero) is 1. The molecule has 0 amide bonds. The van der Waals surface area contributed by atoms with E-state index in [2.05, 4.69) is 0 Å². The third-order valence-corrected chi connectivity index (χ3v) is 5.34. The number of ketones is 1. The van der Waals surface area contributed by atoms with E-state index in [9.17, 15) is 20.0 Å². The number of rotatable bonds is 4. The van der Waals surface area contributed by atoms with E-state index >= 15 is 0 Å². The molecule has 1 aliphatic carbocycles. The van der Waals surface area contributed by atoms with Crippen molar-refractivity contribution in [3.8, 4) is 0 Å². The highest BCUT2D eigenvalue weighted by atomic mass is 16.6. The van der Waals surface area contributed by atoms with Crippen LogP contribution in [-0.4, -0.2) is 27.5 Å². The molecule has 5 nitrogen and oxygen atoms in total. The lowest BCUT2D eigenvalue weighted by Gasteiger charge is -2.48. The normalized spacial score (nSPS) is 35.1. The number of carbonyl (C=O) groups is 1. The second-order valence-electron chi connectivity index (χ2n) is 6.54. The molecule has 1 aliphatic rings. The molecule has 0 bridgehead atoms. The first-order chi connectivity index (χ1) is 10.3. The van der Waals surface area contributed by atoms with Crippen LogP contribution < -0.4 is 0 Å². The van der Waals surface area contributed by atoms with Gasteiger partial charge in [-0.1, -0.05) is 37.3 Å². The minimum atomic E-state index is -1.42. The lowest BCUT2D eigenvalue weighted by Crippen LogP contribution is -2.59. The Morgan fingerprint density at radius 3 is 2.41 bits per heavy atom. The summed E-state index contributed by atoms with van der Waals surface area (Å²) in [6.07, 6.45) is 1.26. The maximum atomic E-state index is 12.4. The molecule has 0 heterocycles. The SMILES string of the molecule is CC[C@@]1(C(C)=O)CC[C@@](C)(O)[C@@H]([N+](=O)[O-])[C@@H]1c1ccccc1. The Hall–Kier alpha value is -1.75. The van der Waals surface area contributed by atoms with Gasteiger partial charge >= 0.3 is 0 Å². The zero-order valence-electron chi connectivity index (χ0n) is 13.3. The van der Waals surface area contributed by atoms with Gasteiger partial charge in [-0.2, -0.15) is 0 Å². The minimum Gasteiger partial charge on any atom is -0.383 e. The van der Waals surface area contributed by atoms with Gasteiger partial charge in [0.1, 0.15) is 11.4 Å². The first-order valence-electron chi connectivity index (χ1n) is 7.68. The standard InChI is InChI=1S/C17H23NO4/c1-4-17(12(2)19)11-10-16(3,20)15(18(21)22)14(17)13-8-6-5-7-9-13/h5-9,14-15,20H,4,10-11H2,1-3H3/t14-,15-,16+,17-/m0/s1. The Morgan fingerprint density at radius 1 is 1.36 bits per heavy atom. The van der Waals surface area contributed by atoms with Crippen LogP contribution in [0.15, 0.2) is 30.3 Å². The van der Waals surface area contributed by atoms with Gasteiger partial charge in [0.15, 0.2) is 0 Å². The summed E-state index contributed by atoms with van der Waals surface area (Å²) in [5.41, 5.74) is -1.46. The van der Waals surface area contributed by atoms with Crippen molar-refractivity contribution in [2.24, 2.45) is 5.41 Å². The number of benzene rings is 1. The van der Waals surface area contributed by atoms with E-state index in [4.69, 9.17) is 0 Å². The molecule has 2 rings (SSSR count). The maximum Gasteiger partial charge on any atom is 0.248 e. The Morgan fingerprint density at radius 2 is 1.95 bits per heavy atom. The van der Waals surface area contributed by atoms with Gasteiger partial charge < -0.3 is 5.11 Å². The fourth-order valence-corrected chi connectivity index (χ4v) is 3.99. The summed E-state index contributed by atoms with van der Waals surface area (Å²) >= 11 is 0. The Balaban J connectivity index is 2.67. The molecule has 4 atom stereocenters. The molecule has 1 aromatic rings. The molecule has 22 heavy (non-hydrogen) atoms. The lowest BCUT2D eigenvalue weighted by molar-refractivity contribution is -0.556. The Labute approximate surface area is 130 Å². The number of carbonyl (C=O) groups excluding carboxylic acids is 1. The smallest absolute Gasteiger partial charge is 0.248 e. The molecule has 120 valence electrons. The van der Waals surface area contributed by atoms with E-state index in [1.54, 1.807) is 0 Å². The highest BCUT2D eigenvalue weighted by Gasteiger charge is 2.61. The molecule has 1 saturated carbocycles. The summed E-state index contributed by atoms with van der Waals surface area (Å²) in [6, 6.07) is 7.91. The summed E-state index contributed by atoms with van der Waals surface area (Å²) in [6.45, 7) is 4.92. The molecule has 0 aliphatic heterocycles. The van der Waals surface area contributed by atoms with Crippen LogP contribution in [0.5, 0.6) is 0 Å². The number of nitrogens with zero attached hydrogens (tertiary/aromatic N) is 1. The van der Waals surface area contributed by atoms with Crippen molar-refractivity contribution in [1.29, 1.82) is 0 Å². The van der Waals surface area contributed by atoms with E-state index in [1.807, 2.05) is 37.3 Å². The van der Waals surface area contributed by atoms with Crippen molar-refractivity contribution >= 4 is 5.78 Å². The van der Waals surface area contributed by atoms with Gasteiger partial charge in [0, 0.05) is 10.3 Å². The van der Waals surface area contributed by atoms with Gasteiger partial charge in [-0.15, -0.1) is 0 Å². The second-order valence-corrected chi connectivity index (χ2v) is 6.54. The maximum absolute atomic E-state index is 12.4. The van der Waals surface area contributed by atoms with Crippen LogP contribution >= 0.6 is 0 Å². The van der Waals surface area contributed by atoms with Crippen LogP contribution in [-0.2, 0) is 4.79 Å². The van der Waals surface area contributed by atoms with Gasteiger partial charge in [-0.3, -0.25) is 14.9 Å². The average Bonchev–Trinajstić information content (AvgIpc) is 2.46. The molecule has 1 aromatic carbocycles. The van der Waals surface area contributed by atoms with Crippen LogP contribution in [0, 0.1) is 15.5 Å². The average molecular weight is 305 g/mol. The second kappa shape index (κ2) is 5.80. The summed E-state index contributed by atoms with van der Waals surface area (Å²) in [7, 11) is 0. The van der Waals surface area contributed by atoms with E-state index in [-0.39, 0.29) is 12.2 Å². The first kappa shape index (κ1) is 16.6. The number of aliphatic hydroxyl groups is 1. The van der Waals surface area contributed by atoms with Crippen molar-refractivity contribution in [3.63, 3.8) is 0 Å². The van der Waals surface area contributed by atoms with Gasteiger partial charge in [-0.25, -0.2) is 0 Å². The predicted molar refractivity (Wildman–Crippen MR) is 83.2 cm³/mol. The van der Waals surface area contributed by atoms with Gasteiger partial charge in [0.2, 0.25) is 6.04 Å². The Kier molecular flexibility index (Phi) is 4.38. The molecule has 1 N–H and O–H groups in total. The van der Waals surface area contributed by atoms with Crippen LogP contribution in [0.2, 0.25) is 0 Å². The molecule has 0 spiro atoms. The highest BCUT2D eigenvalue weighted by Crippen LogP contribution is 2.53. The van der Waals surface area contributed by atoms with E-state index in [1.165, 1.54) is 13.8 Å². The minimum absolute atomic E-state index is 0.0359. The van der Waals surface area contributed by atoms with Gasteiger partial charge in [-0.05, 0) is 38.7 Å². The van der Waals surface area contributed by atoms with Crippen molar-refractivity contribution in [3.05, 3.63) is 46.0 Å². The van der Waals surface area contributed by atoms with E-state index < -0.39 is 27.9 Å². The zero-order valence-corrected chi connectivity index (χ0v) is 13.3. The molecular formula is C17H23NO4. The van der Waals surface area contributed by atoms with Crippen LogP contribution in [0.25, 0.3) is 0 Å². The lowest BCUT2D eigenvalue weighted by atomic mass is 9.55. The number of nitro groups is 1. The van der Waals surface area contributed by atoms with E-state index in [0.717, 1.165) is 5.56 Å². The largest absolute Gasteiger partial charge is 0.383 e. The highest BCUT2D eigenvalue weighted by molar-refractivity contribution is 5.84. The zero-order chi connectivity index (χ0) is 16.5. The number of hydrogen-bond donors (Lipinski definition) is 1. The first-order valence-corrected chi connectivity index (χ1v) is 7.68. The molecule has 0 saturated heterocycles. The topological polar surface area (TPSA) is 80.4 Å². The van der Waals surface area contributed by atoms with E-state index in [0.29, 0.717) is 12.8 Å². The number of hydrogen-bond acceptors (Lipinski definition) is 4. The Bertz CT molecular complexity index is 569. The monoisotopic (exact) mass is 305 g/mol. The van der Waals surface area contributed by atoms with Gasteiger partial charge in [0.25, 0.3) is 0 Å². The van der Waals surface area contributed by atoms with Crippen LogP contribution in [0.4, 0.5) is 0 Å². The fourth-order valence-electron chi connectivity index (χ4n) is 3.99. The summed E-state index contributed by atoms with van der Waals surface area (Å²) < 4.78 is 0. The molecule has 0 aromatic heterocycles. The van der Waals surface area contributed by atoms with Gasteiger partial charge in [0.05, 0.1) is 5.92 Å². The fraction of sp³-hybridized carbons (Fsp3) is 0.588. The third-order valence-electron chi connectivity index (χ3n) is 5.34. The van der Waals surface area contributed by atoms with Crippen molar-refractivity contribution in [2.45, 2.75) is 57.6 Å². The van der Waals surface area contributed by atoms with Crippen LogP contribution in [0.1, 0.15) is 51.5 Å². The predicted octanol–water partition coefficient (Wildman–Crippen LogP) is 2.95. The molecule has 5 heteroatoms. The molecule has 0 radical (unpaired) electrons. The summed E-state index contributed by atoms with van der Waals surface area (Å²) in [5, 5.41) is 22.3. The van der Waals surface area contributed by atoms with Crippen molar-refractivity contribution in [1.82, 2.24) is 0 Å². The molecule has 0 unspecified atom stereocenters. The van der Waals surface area contributed by atoms with Crippen LogP contribution in [0.3, 0.4) is 0 Å². The summed E-state index contributed by atoms with van der Waals surface area (Å²) in [4.78, 5) is 23.7. The quantitative estimate of drug-likeness (QED) is 0.685. The van der Waals surface area contributed by atoms with Crippen molar-refractivity contribution in [2.75, 3.05) is 0 Å². The molecule has 1 fully saturated rings. The van der Waals surface area contributed by atoms with Crippen molar-refractivity contribution < 1.29 is 14.8 Å². The summed E-state index contributed by atoms with van der Waals surface area (Å²) in [5.74, 6) is -0.652. The third kappa shape index (κ3) is 2.54.